The highest BCUT2D eigenvalue weighted by atomic mass is 35.5. The highest BCUT2D eigenvalue weighted by molar-refractivity contribution is 8.18. The predicted octanol–water partition coefficient (Wildman–Crippen LogP) is 6.21. The van der Waals surface area contributed by atoms with Gasteiger partial charge in [-0.25, -0.2) is 0 Å². The molecule has 2 N–H and O–H groups in total. The van der Waals surface area contributed by atoms with E-state index in [2.05, 4.69) is 20.6 Å². The average Bonchev–Trinajstić information content (AvgIpc) is 3.45. The van der Waals surface area contributed by atoms with E-state index < -0.39 is 0 Å². The Hall–Kier alpha value is -3.46. The molecule has 5 rings (SSSR count). The number of amides is 2. The van der Waals surface area contributed by atoms with Crippen LogP contribution in [-0.4, -0.2) is 22.0 Å². The molecule has 2 amide bonds. The van der Waals surface area contributed by atoms with Crippen molar-refractivity contribution in [1.82, 2.24) is 4.98 Å². The Morgan fingerprint density at radius 3 is 2.85 bits per heavy atom. The summed E-state index contributed by atoms with van der Waals surface area (Å²) in [6.45, 7) is 0. The van der Waals surface area contributed by atoms with Crippen molar-refractivity contribution in [3.63, 3.8) is 0 Å². The van der Waals surface area contributed by atoms with Gasteiger partial charge in [0.15, 0.2) is 5.17 Å². The Morgan fingerprint density at radius 1 is 1.09 bits per heavy atom. The molecule has 0 bridgehead atoms. The number of aromatic nitrogens is 1. The molecule has 2 aromatic heterocycles. The maximum atomic E-state index is 12.5. The van der Waals surface area contributed by atoms with Crippen LogP contribution in [0.2, 0.25) is 5.02 Å². The molecule has 9 heteroatoms. The molecule has 2 aromatic carbocycles. The largest absolute Gasteiger partial charge is 0.333 e. The van der Waals surface area contributed by atoms with Crippen molar-refractivity contribution in [2.45, 2.75) is 6.42 Å². The molecule has 6 nitrogen and oxygen atoms in total. The lowest BCUT2D eigenvalue weighted by atomic mass is 10.1. The van der Waals surface area contributed by atoms with E-state index in [-0.39, 0.29) is 11.8 Å². The van der Waals surface area contributed by atoms with Crippen LogP contribution in [0.4, 0.5) is 11.4 Å². The van der Waals surface area contributed by atoms with Crippen LogP contribution in [0.5, 0.6) is 0 Å². The van der Waals surface area contributed by atoms with Gasteiger partial charge in [-0.05, 0) is 71.2 Å². The van der Waals surface area contributed by atoms with Gasteiger partial charge in [0.2, 0.25) is 5.91 Å². The normalized spacial score (nSPS) is 14.4. The van der Waals surface area contributed by atoms with Gasteiger partial charge in [-0.1, -0.05) is 29.8 Å². The molecule has 4 aromatic rings. The van der Waals surface area contributed by atoms with E-state index in [9.17, 15) is 9.59 Å². The topological polar surface area (TPSA) is 83.5 Å². The number of halogens is 1. The lowest BCUT2D eigenvalue weighted by molar-refractivity contribution is -0.115. The number of pyridine rings is 1. The lowest BCUT2D eigenvalue weighted by Gasteiger charge is -2.10. The van der Waals surface area contributed by atoms with Gasteiger partial charge in [0.25, 0.3) is 5.91 Å². The molecular weight excluding hydrogens is 488 g/mol. The summed E-state index contributed by atoms with van der Waals surface area (Å²) in [6, 6.07) is 18.7. The first-order chi connectivity index (χ1) is 16.5. The number of thiophene rings is 1. The van der Waals surface area contributed by atoms with Crippen molar-refractivity contribution < 1.29 is 9.59 Å². The van der Waals surface area contributed by atoms with E-state index in [1.165, 1.54) is 23.1 Å². The Labute approximate surface area is 208 Å². The summed E-state index contributed by atoms with van der Waals surface area (Å²) < 4.78 is 0. The van der Waals surface area contributed by atoms with Crippen LogP contribution in [0.1, 0.15) is 10.4 Å². The third-order valence-corrected chi connectivity index (χ3v) is 7.06. The first-order valence-corrected chi connectivity index (χ1v) is 12.4. The maximum absolute atomic E-state index is 12.5. The lowest BCUT2D eigenvalue weighted by Crippen LogP contribution is -2.14. The third kappa shape index (κ3) is 5.20. The van der Waals surface area contributed by atoms with E-state index in [0.717, 1.165) is 21.3 Å². The third-order valence-electron chi connectivity index (χ3n) is 4.95. The fraction of sp³-hybridized carbons (Fsp3) is 0.0400. The van der Waals surface area contributed by atoms with Crippen LogP contribution in [0.3, 0.4) is 0 Å². The number of nitrogens with zero attached hydrogens (tertiary/aromatic N) is 2. The molecule has 0 unspecified atom stereocenters. The van der Waals surface area contributed by atoms with Crippen molar-refractivity contribution in [2.75, 3.05) is 10.6 Å². The van der Waals surface area contributed by atoms with Gasteiger partial charge < -0.3 is 10.6 Å². The quantitative estimate of drug-likeness (QED) is 0.315. The number of amidine groups is 1. The van der Waals surface area contributed by atoms with Crippen LogP contribution in [0, 0.1) is 0 Å². The zero-order valence-electron chi connectivity index (χ0n) is 17.6. The minimum atomic E-state index is -0.324. The van der Waals surface area contributed by atoms with Crippen molar-refractivity contribution in [1.29, 1.82) is 0 Å². The second-order valence-electron chi connectivity index (χ2n) is 7.41. The molecule has 34 heavy (non-hydrogen) atoms. The predicted molar refractivity (Wildman–Crippen MR) is 141 cm³/mol. The van der Waals surface area contributed by atoms with Gasteiger partial charge in [0.1, 0.15) is 0 Å². The summed E-state index contributed by atoms with van der Waals surface area (Å²) in [6.07, 6.45) is 3.86. The van der Waals surface area contributed by atoms with Crippen molar-refractivity contribution >= 4 is 80.0 Å². The van der Waals surface area contributed by atoms with Gasteiger partial charge in [0, 0.05) is 22.1 Å². The van der Waals surface area contributed by atoms with Crippen LogP contribution >= 0.6 is 34.7 Å². The van der Waals surface area contributed by atoms with Crippen LogP contribution < -0.4 is 10.6 Å². The zero-order chi connectivity index (χ0) is 23.5. The van der Waals surface area contributed by atoms with Crippen LogP contribution in [0.15, 0.2) is 82.1 Å². The molecule has 0 spiro atoms. The molecule has 168 valence electrons. The number of carbonyl (C=O) groups is 2. The van der Waals surface area contributed by atoms with Crippen LogP contribution in [0.25, 0.3) is 17.0 Å². The van der Waals surface area contributed by atoms with E-state index in [1.807, 2.05) is 47.8 Å². The van der Waals surface area contributed by atoms with Gasteiger partial charge in [-0.3, -0.25) is 14.6 Å². The highest BCUT2D eigenvalue weighted by Gasteiger charge is 2.22. The molecule has 0 saturated heterocycles. The summed E-state index contributed by atoms with van der Waals surface area (Å²) in [5.74, 6) is -0.440. The molecule has 0 atom stereocenters. The summed E-state index contributed by atoms with van der Waals surface area (Å²) >= 11 is 9.11. The number of carbonyl (C=O) groups excluding carboxylic acids is 2. The Kier molecular flexibility index (Phi) is 6.44. The van der Waals surface area contributed by atoms with E-state index in [0.29, 0.717) is 32.9 Å². The number of rotatable bonds is 5. The summed E-state index contributed by atoms with van der Waals surface area (Å²) in [5.41, 5.74) is 2.93. The summed E-state index contributed by atoms with van der Waals surface area (Å²) in [7, 11) is 0. The number of fused-ring (bicyclic) bond motifs is 1. The standard InChI is InChI=1S/C25H17ClN4O2S2/c26-19-7-6-17(28-23(31)14-18-4-2-10-33-18)13-21(19)29-25-30-24(32)22(34-25)12-15-5-8-20-16(11-15)3-1-9-27-20/h1-13H,14H2,(H,28,31)(H,29,30,32). The average molecular weight is 505 g/mol. The van der Waals surface area contributed by atoms with Gasteiger partial charge >= 0.3 is 0 Å². The van der Waals surface area contributed by atoms with E-state index in [4.69, 9.17) is 11.6 Å². The molecular formula is C25H17ClN4O2S2. The Balaban J connectivity index is 1.28. The minimum Gasteiger partial charge on any atom is -0.333 e. The monoisotopic (exact) mass is 504 g/mol. The smallest absolute Gasteiger partial charge is 0.286 e. The number of nitrogens with one attached hydrogen (secondary N) is 2. The SMILES string of the molecule is O=C(Cc1cccs1)Nc1ccc(Cl)c(NC2=NC(=O)C(=Cc3ccc4ncccc4c3)S2)c1. The summed E-state index contributed by atoms with van der Waals surface area (Å²) in [4.78, 5) is 34.7. The number of aliphatic imine (C=N–C) groups is 1. The summed E-state index contributed by atoms with van der Waals surface area (Å²) in [5, 5.41) is 9.79. The first kappa shape index (κ1) is 22.3. The first-order valence-electron chi connectivity index (χ1n) is 10.3. The molecule has 3 heterocycles. The molecule has 0 fully saturated rings. The number of thioether (sulfide) groups is 1. The van der Waals surface area contributed by atoms with Crippen LogP contribution in [-0.2, 0) is 16.0 Å². The van der Waals surface area contributed by atoms with Gasteiger partial charge in [-0.15, -0.1) is 11.3 Å². The number of hydrogen-bond donors (Lipinski definition) is 2. The Morgan fingerprint density at radius 2 is 2.00 bits per heavy atom. The molecule has 0 saturated carbocycles. The second kappa shape index (κ2) is 9.80. The second-order valence-corrected chi connectivity index (χ2v) is 9.88. The fourth-order valence-electron chi connectivity index (χ4n) is 3.39. The minimum absolute atomic E-state index is 0.116. The van der Waals surface area contributed by atoms with E-state index in [1.54, 1.807) is 30.5 Å². The van der Waals surface area contributed by atoms with Gasteiger partial charge in [0.05, 0.1) is 27.6 Å². The maximum Gasteiger partial charge on any atom is 0.286 e. The van der Waals surface area contributed by atoms with E-state index >= 15 is 0 Å². The Bertz CT molecular complexity index is 1470. The molecule has 1 aliphatic rings. The molecule has 0 aliphatic carbocycles. The van der Waals surface area contributed by atoms with Crippen molar-refractivity contribution in [2.24, 2.45) is 4.99 Å². The molecule has 1 aliphatic heterocycles. The number of anilines is 2. The van der Waals surface area contributed by atoms with Crippen molar-refractivity contribution in [3.8, 4) is 0 Å². The number of benzene rings is 2. The highest BCUT2D eigenvalue weighted by Crippen LogP contribution is 2.32. The molecule has 0 radical (unpaired) electrons. The number of hydrogen-bond acceptors (Lipinski definition) is 6. The van der Waals surface area contributed by atoms with Crippen molar-refractivity contribution in [3.05, 3.63) is 92.6 Å². The zero-order valence-corrected chi connectivity index (χ0v) is 20.0. The fourth-order valence-corrected chi connectivity index (χ4v) is 5.08. The van der Waals surface area contributed by atoms with Gasteiger partial charge in [-0.2, -0.15) is 4.99 Å².